The van der Waals surface area contributed by atoms with E-state index in [0.717, 1.165) is 12.2 Å². The van der Waals surface area contributed by atoms with Gasteiger partial charge in [-0.2, -0.15) is 11.8 Å². The molecule has 19 heavy (non-hydrogen) atoms. The van der Waals surface area contributed by atoms with Crippen LogP contribution in [0.4, 0.5) is 4.79 Å². The number of thioether (sulfide) groups is 2. The molecule has 1 aliphatic heterocycles. The quantitative estimate of drug-likeness (QED) is 0.322. The van der Waals surface area contributed by atoms with Gasteiger partial charge in [0.15, 0.2) is 0 Å². The first-order valence-corrected chi connectivity index (χ1v) is 8.76. The Morgan fingerprint density at radius 2 is 2.53 bits per heavy atom. The van der Waals surface area contributed by atoms with Crippen LogP contribution in [0.3, 0.4) is 0 Å². The number of oxime groups is 1. The Labute approximate surface area is 127 Å². The van der Waals surface area contributed by atoms with E-state index >= 15 is 0 Å². The third kappa shape index (κ3) is 7.91. The molecular weight excluding hydrogens is 308 g/mol. The number of hydrogen-bond donors (Lipinski definition) is 1. The fourth-order valence-electron chi connectivity index (χ4n) is 1.27. The minimum atomic E-state index is -0.587. The van der Waals surface area contributed by atoms with E-state index in [1.807, 2.05) is 11.8 Å². The molecular formula is C11H19ClN2O3S2. The lowest BCUT2D eigenvalue weighted by Gasteiger charge is -2.06. The van der Waals surface area contributed by atoms with Crippen LogP contribution < -0.4 is 5.32 Å². The molecule has 1 fully saturated rings. The third-order valence-electron chi connectivity index (χ3n) is 2.10. The zero-order valence-electron chi connectivity index (χ0n) is 10.9. The smallest absolute Gasteiger partial charge is 0.360 e. The van der Waals surface area contributed by atoms with Gasteiger partial charge in [0.05, 0.1) is 6.61 Å². The number of rotatable bonds is 8. The van der Waals surface area contributed by atoms with Crippen LogP contribution in [-0.4, -0.2) is 47.1 Å². The number of amides is 1. The van der Waals surface area contributed by atoms with Gasteiger partial charge in [0, 0.05) is 12.4 Å². The highest BCUT2D eigenvalue weighted by atomic mass is 35.5. The molecule has 1 saturated heterocycles. The second-order valence-electron chi connectivity index (χ2n) is 3.74. The zero-order valence-corrected chi connectivity index (χ0v) is 13.3. The minimum absolute atomic E-state index is 0.123. The molecule has 0 saturated carbocycles. The Morgan fingerprint density at radius 3 is 3.26 bits per heavy atom. The number of alkyl halides is 1. The van der Waals surface area contributed by atoms with Gasteiger partial charge in [-0.25, -0.2) is 4.79 Å². The Morgan fingerprint density at radius 1 is 1.68 bits per heavy atom. The summed E-state index contributed by atoms with van der Waals surface area (Å²) in [7, 11) is 0. The Kier molecular flexibility index (Phi) is 9.50. The fourth-order valence-corrected chi connectivity index (χ4v) is 3.28. The number of hydrogen-bond acceptors (Lipinski definition) is 6. The van der Waals surface area contributed by atoms with Gasteiger partial charge in [0.2, 0.25) is 0 Å². The molecule has 5 nitrogen and oxygen atoms in total. The maximum absolute atomic E-state index is 11.1. The van der Waals surface area contributed by atoms with Crippen LogP contribution in [0.15, 0.2) is 5.16 Å². The Hall–Kier alpha value is -0.110. The number of halogens is 1. The molecule has 1 unspecified atom stereocenters. The summed E-state index contributed by atoms with van der Waals surface area (Å²) in [6.07, 6.45) is 1.59. The molecule has 0 bridgehead atoms. The molecule has 1 heterocycles. The molecule has 0 spiro atoms. The van der Waals surface area contributed by atoms with Crippen molar-refractivity contribution in [2.24, 2.45) is 5.16 Å². The van der Waals surface area contributed by atoms with Crippen LogP contribution in [0.1, 0.15) is 19.8 Å². The van der Waals surface area contributed by atoms with Gasteiger partial charge < -0.3 is 10.1 Å². The van der Waals surface area contributed by atoms with Crippen molar-refractivity contribution in [3.63, 3.8) is 0 Å². The lowest BCUT2D eigenvalue weighted by atomic mass is 10.5. The summed E-state index contributed by atoms with van der Waals surface area (Å²) >= 11 is 8.88. The van der Waals surface area contributed by atoms with Crippen LogP contribution in [0.5, 0.6) is 0 Å². The first kappa shape index (κ1) is 16.9. The summed E-state index contributed by atoms with van der Waals surface area (Å²) < 4.78 is 5.55. The Balaban J connectivity index is 2.14. The number of ether oxygens (including phenoxy) is 1. The van der Waals surface area contributed by atoms with Gasteiger partial charge in [0.25, 0.3) is 0 Å². The first-order valence-electron chi connectivity index (χ1n) is 6.20. The molecule has 1 amide bonds. The van der Waals surface area contributed by atoms with Crippen molar-refractivity contribution in [1.29, 1.82) is 0 Å². The minimum Gasteiger partial charge on any atom is -0.360 e. The van der Waals surface area contributed by atoms with Crippen molar-refractivity contribution in [3.05, 3.63) is 0 Å². The van der Waals surface area contributed by atoms with E-state index in [9.17, 15) is 4.79 Å². The molecule has 0 aliphatic carbocycles. The summed E-state index contributed by atoms with van der Waals surface area (Å²) in [5, 5.41) is 6.93. The lowest BCUT2D eigenvalue weighted by molar-refractivity contribution is 0.144. The predicted octanol–water partition coefficient (Wildman–Crippen LogP) is 2.89. The summed E-state index contributed by atoms with van der Waals surface area (Å²) in [5.41, 5.74) is 0.123. The zero-order chi connectivity index (χ0) is 13.9. The number of carbonyl (C=O) groups is 1. The monoisotopic (exact) mass is 326 g/mol. The van der Waals surface area contributed by atoms with Crippen molar-refractivity contribution in [2.45, 2.75) is 25.2 Å². The van der Waals surface area contributed by atoms with Gasteiger partial charge in [-0.15, -0.1) is 11.6 Å². The highest BCUT2D eigenvalue weighted by Gasteiger charge is 2.22. The summed E-state index contributed by atoms with van der Waals surface area (Å²) in [4.78, 5) is 15.8. The van der Waals surface area contributed by atoms with Gasteiger partial charge >= 0.3 is 6.09 Å². The molecule has 0 aromatic carbocycles. The van der Waals surface area contributed by atoms with E-state index in [1.54, 1.807) is 0 Å². The van der Waals surface area contributed by atoms with E-state index < -0.39 is 6.09 Å². The van der Waals surface area contributed by atoms with Gasteiger partial charge in [-0.1, -0.05) is 23.8 Å². The van der Waals surface area contributed by atoms with E-state index in [-0.39, 0.29) is 5.44 Å². The van der Waals surface area contributed by atoms with Crippen molar-refractivity contribution in [2.75, 3.05) is 30.5 Å². The van der Waals surface area contributed by atoms with Crippen LogP contribution in [0, 0.1) is 0 Å². The molecule has 0 aromatic heterocycles. The lowest BCUT2D eigenvalue weighted by Crippen LogP contribution is -2.24. The molecule has 110 valence electrons. The van der Waals surface area contributed by atoms with E-state index in [0.29, 0.717) is 24.1 Å². The van der Waals surface area contributed by atoms with E-state index in [1.165, 1.54) is 23.9 Å². The highest BCUT2D eigenvalue weighted by molar-refractivity contribution is 8.14. The van der Waals surface area contributed by atoms with Gasteiger partial charge in [-0.3, -0.25) is 4.84 Å². The number of nitrogens with zero attached hydrogens (tertiary/aromatic N) is 1. The van der Waals surface area contributed by atoms with Gasteiger partial charge in [-0.05, 0) is 24.3 Å². The van der Waals surface area contributed by atoms with Crippen LogP contribution in [-0.2, 0) is 9.57 Å². The molecule has 8 heteroatoms. The second-order valence-corrected chi connectivity index (χ2v) is 6.57. The van der Waals surface area contributed by atoms with Crippen molar-refractivity contribution in [1.82, 2.24) is 5.32 Å². The highest BCUT2D eigenvalue weighted by Crippen LogP contribution is 2.26. The standard InChI is InChI=1S/C11H19ClN2O3S2/c1-2-6-18-7-3-10-16-8-9(19-10)14-17-11(15)13-5-4-12/h10H,2-8H2,1H3,(H,13,15). The average molecular weight is 327 g/mol. The maximum atomic E-state index is 11.1. The maximum Gasteiger partial charge on any atom is 0.433 e. The topological polar surface area (TPSA) is 59.9 Å². The number of carbonyl (C=O) groups excluding carboxylic acids is 1. The number of nitrogens with one attached hydrogen (secondary N) is 1. The predicted molar refractivity (Wildman–Crippen MR) is 82.2 cm³/mol. The SMILES string of the molecule is CCCSCCC1OCC(=NOC(=O)NCCCl)S1. The summed E-state index contributed by atoms with van der Waals surface area (Å²) in [6.45, 7) is 2.95. The molecule has 1 atom stereocenters. The first-order chi connectivity index (χ1) is 9.26. The Bertz CT molecular complexity index is 306. The van der Waals surface area contributed by atoms with Crippen LogP contribution >= 0.6 is 35.1 Å². The normalized spacial score (nSPS) is 20.7. The summed E-state index contributed by atoms with van der Waals surface area (Å²) in [5.74, 6) is 2.61. The van der Waals surface area contributed by atoms with E-state index in [4.69, 9.17) is 21.2 Å². The largest absolute Gasteiger partial charge is 0.433 e. The fraction of sp³-hybridized carbons (Fsp3) is 0.818. The molecule has 1 rings (SSSR count). The van der Waals surface area contributed by atoms with E-state index in [2.05, 4.69) is 17.4 Å². The molecule has 1 aliphatic rings. The third-order valence-corrected chi connectivity index (χ3v) is 4.61. The molecule has 0 aromatic rings. The van der Waals surface area contributed by atoms with Gasteiger partial charge in [0.1, 0.15) is 10.5 Å². The molecule has 0 radical (unpaired) electrons. The summed E-state index contributed by atoms with van der Waals surface area (Å²) in [6, 6.07) is 0. The van der Waals surface area contributed by atoms with Crippen LogP contribution in [0.25, 0.3) is 0 Å². The van der Waals surface area contributed by atoms with Crippen molar-refractivity contribution in [3.8, 4) is 0 Å². The average Bonchev–Trinajstić information content (AvgIpc) is 2.87. The van der Waals surface area contributed by atoms with Crippen molar-refractivity contribution >= 4 is 46.3 Å². The van der Waals surface area contributed by atoms with Crippen molar-refractivity contribution < 1.29 is 14.4 Å². The second kappa shape index (κ2) is 10.7. The molecule has 1 N–H and O–H groups in total. The van der Waals surface area contributed by atoms with Crippen LogP contribution in [0.2, 0.25) is 0 Å².